The fourth-order valence-electron chi connectivity index (χ4n) is 1.11. The Balaban J connectivity index is 2.40. The Morgan fingerprint density at radius 2 is 2.13 bits per heavy atom. The maximum absolute atomic E-state index is 5.82. The fourth-order valence-corrected chi connectivity index (χ4v) is 1.74. The average Bonchev–Trinajstić information content (AvgIpc) is 2.70. The summed E-state index contributed by atoms with van der Waals surface area (Å²) < 4.78 is 0. The van der Waals surface area contributed by atoms with Crippen molar-refractivity contribution in [2.45, 2.75) is 5.03 Å². The van der Waals surface area contributed by atoms with Crippen molar-refractivity contribution in [2.24, 2.45) is 0 Å². The van der Waals surface area contributed by atoms with Crippen molar-refractivity contribution in [1.29, 1.82) is 0 Å². The number of rotatable bonds is 2. The minimum absolute atomic E-state index is 0.300. The molecule has 0 aliphatic heterocycles. The van der Waals surface area contributed by atoms with Gasteiger partial charge in [-0.3, -0.25) is 5.10 Å². The number of halogens is 2. The average molecular weight is 260 g/mol. The highest BCUT2D eigenvalue weighted by atomic mass is 35.5. The zero-order chi connectivity index (χ0) is 10.8. The summed E-state index contributed by atoms with van der Waals surface area (Å²) in [5, 5.41) is 8.63. The number of aromatic amines is 1. The maximum Gasteiger partial charge on any atom is 0.148 e. The normalized spacial score (nSPS) is 10.6. The minimum Gasteiger partial charge on any atom is -0.275 e. The number of nitrogens with one attached hydrogen (secondary N) is 1. The molecule has 0 bridgehead atoms. The van der Waals surface area contributed by atoms with E-state index in [9.17, 15) is 0 Å². The Labute approximate surface area is 101 Å². The van der Waals surface area contributed by atoms with Crippen LogP contribution in [0, 0.1) is 0 Å². The highest BCUT2D eigenvalue weighted by molar-refractivity contribution is 7.98. The largest absolute Gasteiger partial charge is 0.275 e. The van der Waals surface area contributed by atoms with Gasteiger partial charge in [0.1, 0.15) is 10.2 Å². The molecule has 6 heteroatoms. The first kappa shape index (κ1) is 10.8. The van der Waals surface area contributed by atoms with E-state index in [1.807, 2.05) is 12.3 Å². The second-order valence-electron chi connectivity index (χ2n) is 2.79. The zero-order valence-corrected chi connectivity index (χ0v) is 10.1. The molecule has 0 aliphatic rings. The van der Waals surface area contributed by atoms with E-state index in [1.54, 1.807) is 23.9 Å². The first-order valence-corrected chi connectivity index (χ1v) is 6.10. The second kappa shape index (κ2) is 4.43. The molecule has 0 radical (unpaired) electrons. The second-order valence-corrected chi connectivity index (χ2v) is 4.38. The van der Waals surface area contributed by atoms with Crippen LogP contribution in [0.4, 0.5) is 0 Å². The molecule has 0 spiro atoms. The Bertz CT molecular complexity index is 484. The summed E-state index contributed by atoms with van der Waals surface area (Å²) in [5.41, 5.74) is 1.56. The van der Waals surface area contributed by atoms with Crippen molar-refractivity contribution in [3.05, 3.63) is 28.4 Å². The lowest BCUT2D eigenvalue weighted by Crippen LogP contribution is -1.84. The molecule has 0 fully saturated rings. The molecule has 2 rings (SSSR count). The lowest BCUT2D eigenvalue weighted by atomic mass is 10.3. The van der Waals surface area contributed by atoms with E-state index in [4.69, 9.17) is 23.2 Å². The van der Waals surface area contributed by atoms with E-state index in [-0.39, 0.29) is 0 Å². The highest BCUT2D eigenvalue weighted by Crippen LogP contribution is 2.25. The Morgan fingerprint density at radius 3 is 2.73 bits per heavy atom. The molecule has 15 heavy (non-hydrogen) atoms. The predicted molar refractivity (Wildman–Crippen MR) is 63.6 cm³/mol. The molecule has 1 N–H and O–H groups in total. The number of thioether (sulfide) groups is 1. The van der Waals surface area contributed by atoms with E-state index in [0.717, 1.165) is 16.4 Å². The summed E-state index contributed by atoms with van der Waals surface area (Å²) in [4.78, 5) is 4.14. The van der Waals surface area contributed by atoms with Crippen LogP contribution in [0.3, 0.4) is 0 Å². The summed E-state index contributed by atoms with van der Waals surface area (Å²) in [7, 11) is 0. The van der Waals surface area contributed by atoms with Crippen molar-refractivity contribution in [3.63, 3.8) is 0 Å². The summed E-state index contributed by atoms with van der Waals surface area (Å²) >= 11 is 13.2. The van der Waals surface area contributed by atoms with E-state index in [2.05, 4.69) is 15.2 Å². The molecule has 0 saturated heterocycles. The molecule has 2 heterocycles. The Kier molecular flexibility index (Phi) is 3.19. The molecule has 3 nitrogen and oxygen atoms in total. The maximum atomic E-state index is 5.82. The molecular weight excluding hydrogens is 253 g/mol. The van der Waals surface area contributed by atoms with Gasteiger partial charge in [-0.25, -0.2) is 4.98 Å². The van der Waals surface area contributed by atoms with Crippen molar-refractivity contribution in [1.82, 2.24) is 15.2 Å². The molecular formula is C9H7Cl2N3S. The van der Waals surface area contributed by atoms with Crippen molar-refractivity contribution in [3.8, 4) is 11.4 Å². The Hall–Kier alpha value is -0.710. The molecule has 0 saturated carbocycles. The van der Waals surface area contributed by atoms with Gasteiger partial charge >= 0.3 is 0 Å². The standard InChI is InChI=1S/C9H7Cl2N3S/c1-15-8-4-7(13-14-8)6-3-2-5(10)9(11)12-6/h2-4H,1H3,(H,13,14). The van der Waals surface area contributed by atoms with Crippen LogP contribution in [-0.4, -0.2) is 21.4 Å². The quantitative estimate of drug-likeness (QED) is 0.663. The van der Waals surface area contributed by atoms with Gasteiger partial charge < -0.3 is 0 Å². The molecule has 0 aliphatic carbocycles. The van der Waals surface area contributed by atoms with Crippen LogP contribution in [0.25, 0.3) is 11.4 Å². The summed E-state index contributed by atoms with van der Waals surface area (Å²) in [6.45, 7) is 0. The van der Waals surface area contributed by atoms with Crippen LogP contribution in [0.15, 0.2) is 23.2 Å². The first-order valence-electron chi connectivity index (χ1n) is 4.12. The zero-order valence-electron chi connectivity index (χ0n) is 7.79. The van der Waals surface area contributed by atoms with Gasteiger partial charge in [0.15, 0.2) is 0 Å². The van der Waals surface area contributed by atoms with Crippen molar-refractivity contribution < 1.29 is 0 Å². The van der Waals surface area contributed by atoms with Crippen LogP contribution >= 0.6 is 35.0 Å². The number of aromatic nitrogens is 3. The minimum atomic E-state index is 0.300. The highest BCUT2D eigenvalue weighted by Gasteiger charge is 2.06. The molecule has 0 atom stereocenters. The van der Waals surface area contributed by atoms with Crippen LogP contribution in [0.5, 0.6) is 0 Å². The van der Waals surface area contributed by atoms with Gasteiger partial charge in [-0.2, -0.15) is 5.10 Å². The van der Waals surface area contributed by atoms with E-state index >= 15 is 0 Å². The van der Waals surface area contributed by atoms with Crippen LogP contribution in [0.2, 0.25) is 10.2 Å². The smallest absolute Gasteiger partial charge is 0.148 e. The number of pyridine rings is 1. The van der Waals surface area contributed by atoms with Crippen LogP contribution < -0.4 is 0 Å². The van der Waals surface area contributed by atoms with Crippen molar-refractivity contribution >= 4 is 35.0 Å². The molecule has 2 aromatic rings. The first-order chi connectivity index (χ1) is 7.20. The van der Waals surface area contributed by atoms with E-state index < -0.39 is 0 Å². The van der Waals surface area contributed by atoms with Crippen LogP contribution in [-0.2, 0) is 0 Å². The van der Waals surface area contributed by atoms with Crippen molar-refractivity contribution in [2.75, 3.05) is 6.26 Å². The topological polar surface area (TPSA) is 41.6 Å². The third-order valence-corrected chi connectivity index (χ3v) is 3.16. The molecule has 78 valence electrons. The molecule has 0 aromatic carbocycles. The van der Waals surface area contributed by atoms with Gasteiger partial charge in [-0.15, -0.1) is 11.8 Å². The van der Waals surface area contributed by atoms with Gasteiger partial charge in [0.05, 0.1) is 16.4 Å². The summed E-state index contributed by atoms with van der Waals surface area (Å²) in [6, 6.07) is 5.43. The fraction of sp³-hybridized carbons (Fsp3) is 0.111. The van der Waals surface area contributed by atoms with E-state index in [0.29, 0.717) is 10.2 Å². The van der Waals surface area contributed by atoms with Gasteiger partial charge in [-0.1, -0.05) is 23.2 Å². The predicted octanol–water partition coefficient (Wildman–Crippen LogP) is 3.50. The summed E-state index contributed by atoms with van der Waals surface area (Å²) in [5.74, 6) is 0. The SMILES string of the molecule is CSc1cc(-c2ccc(Cl)c(Cl)n2)[nH]n1. The number of hydrogen-bond acceptors (Lipinski definition) is 3. The number of H-pyrrole nitrogens is 1. The monoisotopic (exact) mass is 259 g/mol. The van der Waals surface area contributed by atoms with E-state index in [1.165, 1.54) is 0 Å². The van der Waals surface area contributed by atoms with Gasteiger partial charge in [0.2, 0.25) is 0 Å². The lowest BCUT2D eigenvalue weighted by molar-refractivity contribution is 1.00. The number of nitrogens with zero attached hydrogens (tertiary/aromatic N) is 2. The molecule has 2 aromatic heterocycles. The van der Waals surface area contributed by atoms with Crippen LogP contribution in [0.1, 0.15) is 0 Å². The molecule has 0 unspecified atom stereocenters. The third-order valence-electron chi connectivity index (χ3n) is 1.84. The summed E-state index contributed by atoms with van der Waals surface area (Å²) in [6.07, 6.45) is 1.96. The molecule has 0 amide bonds. The Morgan fingerprint density at radius 1 is 1.33 bits per heavy atom. The number of hydrogen-bond donors (Lipinski definition) is 1. The van der Waals surface area contributed by atoms with Gasteiger partial charge in [0.25, 0.3) is 0 Å². The van der Waals surface area contributed by atoms with Gasteiger partial charge in [0, 0.05) is 0 Å². The van der Waals surface area contributed by atoms with Gasteiger partial charge in [-0.05, 0) is 24.5 Å². The lowest BCUT2D eigenvalue weighted by Gasteiger charge is -1.98. The third kappa shape index (κ3) is 2.27.